The number of phosphoric acid groups is 2. The summed E-state index contributed by atoms with van der Waals surface area (Å²) in [6.45, 7) is -4.57. The molecule has 0 radical (unpaired) electrons. The predicted octanol–water partition coefficient (Wildman–Crippen LogP) is -0.915. The van der Waals surface area contributed by atoms with Crippen molar-refractivity contribution in [3.63, 3.8) is 0 Å². The zero-order chi connectivity index (χ0) is 13.4. The van der Waals surface area contributed by atoms with E-state index >= 15 is 0 Å². The molecule has 0 aromatic carbocycles. The second kappa shape index (κ2) is 8.25. The fourth-order valence-corrected chi connectivity index (χ4v) is 3.02. The Morgan fingerprint density at radius 3 is 1.06 bits per heavy atom. The zero-order valence-electron chi connectivity index (χ0n) is 8.37. The van der Waals surface area contributed by atoms with Crippen molar-refractivity contribution < 1.29 is 52.0 Å². The van der Waals surface area contributed by atoms with E-state index < -0.39 is 42.8 Å². The van der Waals surface area contributed by atoms with E-state index in [0.29, 0.717) is 0 Å². The number of hydrogen-bond donors (Lipinski definition) is 4. The molecule has 0 aromatic heterocycles. The number of aliphatic hydroxyl groups is 4. The average Bonchev–Trinajstić information content (AvgIpc) is 2.17. The summed E-state index contributed by atoms with van der Waals surface area (Å²) in [6, 6.07) is 0. The van der Waals surface area contributed by atoms with Gasteiger partial charge in [-0.3, -0.25) is 18.1 Å². The molecule has 17 heavy (non-hydrogen) atoms. The van der Waals surface area contributed by atoms with Crippen molar-refractivity contribution in [3.8, 4) is 0 Å². The lowest BCUT2D eigenvalue weighted by atomic mass is 11.6. The molecule has 0 aliphatic carbocycles. The molecular weight excluding hydrogens is 286 g/mol. The third-order valence-corrected chi connectivity index (χ3v) is 4.39. The number of phosphoric ester groups is 2. The van der Waals surface area contributed by atoms with Gasteiger partial charge in [0.05, 0.1) is 0 Å². The van der Waals surface area contributed by atoms with E-state index in [0.717, 1.165) is 0 Å². The van der Waals surface area contributed by atoms with Crippen LogP contribution in [0, 0.1) is 0 Å². The van der Waals surface area contributed by atoms with Gasteiger partial charge in [0.2, 0.25) is 0 Å². The number of rotatable bonds is 10. The van der Waals surface area contributed by atoms with Gasteiger partial charge in [-0.1, -0.05) is 0 Å². The molecule has 13 heteroatoms. The Morgan fingerprint density at radius 2 is 0.882 bits per heavy atom. The highest BCUT2D eigenvalue weighted by atomic mass is 31.3. The normalized spacial score (nSPS) is 12.9. The lowest BCUT2D eigenvalue weighted by Crippen LogP contribution is -2.05. The second-order valence-electron chi connectivity index (χ2n) is 2.01. The summed E-state index contributed by atoms with van der Waals surface area (Å²) in [4.78, 5) is 0. The van der Waals surface area contributed by atoms with Gasteiger partial charge < -0.3 is 20.4 Å². The van der Waals surface area contributed by atoms with Crippen molar-refractivity contribution in [1.82, 2.24) is 0 Å². The molecule has 4 N–H and O–H groups in total. The molecule has 0 fully saturated rings. The maximum absolute atomic E-state index is 11.5. The average molecular weight is 298 g/mol. The van der Waals surface area contributed by atoms with Crippen LogP contribution >= 0.6 is 15.6 Å². The first-order valence-corrected chi connectivity index (χ1v) is 6.80. The van der Waals surface area contributed by atoms with Gasteiger partial charge >= 0.3 is 15.6 Å². The van der Waals surface area contributed by atoms with Gasteiger partial charge in [0.25, 0.3) is 0 Å². The molecule has 0 bridgehead atoms. The summed E-state index contributed by atoms with van der Waals surface area (Å²) in [5.74, 6) is 0. The molecule has 0 aliphatic rings. The zero-order valence-corrected chi connectivity index (χ0v) is 10.2. The molecule has 104 valence electrons. The quantitative estimate of drug-likeness (QED) is 0.291. The molecule has 0 amide bonds. The van der Waals surface area contributed by atoms with Crippen molar-refractivity contribution in [2.45, 2.75) is 0 Å². The summed E-state index contributed by atoms with van der Waals surface area (Å²) in [5.41, 5.74) is 0. The Labute approximate surface area is 95.7 Å². The molecule has 0 saturated heterocycles. The summed E-state index contributed by atoms with van der Waals surface area (Å²) < 4.78 is 43.4. The Morgan fingerprint density at radius 1 is 0.647 bits per heavy atom. The first kappa shape index (κ1) is 17.1. The lowest BCUT2D eigenvalue weighted by molar-refractivity contribution is -0.00665. The van der Waals surface area contributed by atoms with E-state index in [1.54, 1.807) is 0 Å². The van der Waals surface area contributed by atoms with Crippen LogP contribution in [0.5, 0.6) is 0 Å². The number of hydrogen-bond acceptors (Lipinski definition) is 11. The van der Waals surface area contributed by atoms with Crippen molar-refractivity contribution in [1.29, 1.82) is 0 Å². The van der Waals surface area contributed by atoms with Crippen LogP contribution in [-0.2, 0) is 31.5 Å². The fourth-order valence-electron chi connectivity index (χ4n) is 0.574. The van der Waals surface area contributed by atoms with Crippen LogP contribution in [0.1, 0.15) is 0 Å². The van der Waals surface area contributed by atoms with Crippen molar-refractivity contribution in [2.75, 3.05) is 27.2 Å². The minimum absolute atomic E-state index is 1.14. The van der Waals surface area contributed by atoms with Crippen LogP contribution in [0.2, 0.25) is 0 Å². The predicted molar refractivity (Wildman–Crippen MR) is 49.0 cm³/mol. The Kier molecular flexibility index (Phi) is 8.29. The standard InChI is InChI=1S/C4H12O11P2/c5-1-11-16(9,12-2-6)15-17(10,13-3-7)14-4-8/h5-8H,1-4H2. The highest BCUT2D eigenvalue weighted by Crippen LogP contribution is 2.65. The van der Waals surface area contributed by atoms with Crippen LogP contribution in [0.15, 0.2) is 0 Å². The molecular formula is C4H12O11P2. The first-order valence-electron chi connectivity index (χ1n) is 3.88. The minimum Gasteiger partial charge on any atom is -0.370 e. The SMILES string of the molecule is O=P(OCO)(OCO)OP(=O)(OCO)OCO. The van der Waals surface area contributed by atoms with Crippen molar-refractivity contribution in [2.24, 2.45) is 0 Å². The van der Waals surface area contributed by atoms with Gasteiger partial charge in [-0.05, 0) is 0 Å². The molecule has 11 nitrogen and oxygen atoms in total. The molecule has 0 aliphatic heterocycles. The van der Waals surface area contributed by atoms with Gasteiger partial charge in [0, 0.05) is 0 Å². The van der Waals surface area contributed by atoms with Gasteiger partial charge in [-0.25, -0.2) is 9.13 Å². The molecule has 0 saturated carbocycles. The summed E-state index contributed by atoms with van der Waals surface area (Å²) >= 11 is 0. The van der Waals surface area contributed by atoms with Crippen LogP contribution in [0.3, 0.4) is 0 Å². The second-order valence-corrected chi connectivity index (χ2v) is 5.48. The number of aliphatic hydroxyl groups excluding tert-OH is 4. The van der Waals surface area contributed by atoms with Gasteiger partial charge in [0.1, 0.15) is 0 Å². The lowest BCUT2D eigenvalue weighted by Gasteiger charge is -2.20. The molecule has 0 heterocycles. The largest absolute Gasteiger partial charge is 0.487 e. The van der Waals surface area contributed by atoms with Crippen LogP contribution in [0.4, 0.5) is 0 Å². The van der Waals surface area contributed by atoms with Crippen molar-refractivity contribution >= 4 is 15.6 Å². The van der Waals surface area contributed by atoms with Gasteiger partial charge in [0.15, 0.2) is 27.2 Å². The van der Waals surface area contributed by atoms with E-state index in [-0.39, 0.29) is 0 Å². The summed E-state index contributed by atoms with van der Waals surface area (Å²) in [5, 5.41) is 33.5. The molecule has 0 unspecified atom stereocenters. The topological polar surface area (TPSA) is 161 Å². The first-order chi connectivity index (χ1) is 7.95. The van der Waals surface area contributed by atoms with Crippen LogP contribution in [-0.4, -0.2) is 47.6 Å². The van der Waals surface area contributed by atoms with E-state index in [2.05, 4.69) is 22.4 Å². The molecule has 0 aromatic rings. The monoisotopic (exact) mass is 298 g/mol. The smallest absolute Gasteiger partial charge is 0.370 e. The summed E-state index contributed by atoms with van der Waals surface area (Å²) in [6.07, 6.45) is 0. The highest BCUT2D eigenvalue weighted by molar-refractivity contribution is 7.62. The van der Waals surface area contributed by atoms with Gasteiger partial charge in [-0.2, -0.15) is 4.31 Å². The highest BCUT2D eigenvalue weighted by Gasteiger charge is 2.40. The van der Waals surface area contributed by atoms with Crippen LogP contribution < -0.4 is 0 Å². The van der Waals surface area contributed by atoms with E-state index in [9.17, 15) is 9.13 Å². The third kappa shape index (κ3) is 6.55. The summed E-state index contributed by atoms with van der Waals surface area (Å²) in [7, 11) is -9.27. The third-order valence-electron chi connectivity index (χ3n) is 1.06. The fraction of sp³-hybridized carbons (Fsp3) is 1.00. The Balaban J connectivity index is 4.79. The Hall–Kier alpha value is 0.1000. The van der Waals surface area contributed by atoms with E-state index in [1.165, 1.54) is 0 Å². The minimum atomic E-state index is -4.64. The molecule has 0 rings (SSSR count). The van der Waals surface area contributed by atoms with E-state index in [4.69, 9.17) is 20.4 Å². The maximum atomic E-state index is 11.5. The van der Waals surface area contributed by atoms with E-state index in [1.807, 2.05) is 0 Å². The maximum Gasteiger partial charge on any atom is 0.487 e. The molecule has 0 atom stereocenters. The molecule has 0 spiro atoms. The van der Waals surface area contributed by atoms with Crippen molar-refractivity contribution in [3.05, 3.63) is 0 Å². The van der Waals surface area contributed by atoms with Crippen LogP contribution in [0.25, 0.3) is 0 Å². The Bertz CT molecular complexity index is 243. The van der Waals surface area contributed by atoms with Gasteiger partial charge in [-0.15, -0.1) is 0 Å².